The van der Waals surface area contributed by atoms with Crippen LogP contribution in [0.15, 0.2) is 70.7 Å². The Morgan fingerprint density at radius 1 is 0.559 bits per heavy atom. The number of oxime groups is 1. The van der Waals surface area contributed by atoms with E-state index in [1.807, 2.05) is 67.7 Å². The lowest BCUT2D eigenvalue weighted by atomic mass is 9.89. The second-order valence-electron chi connectivity index (χ2n) is 19.3. The Kier molecular flexibility index (Phi) is 16.5. The van der Waals surface area contributed by atoms with E-state index in [0.717, 1.165) is 18.2 Å². The minimum atomic E-state index is -8.17. The normalized spacial score (nSPS) is 15.0. The number of halogens is 16. The largest absolute Gasteiger partial charge is 0.460 e. The molecule has 0 aromatic heterocycles. The van der Waals surface area contributed by atoms with Crippen LogP contribution in [0.5, 0.6) is 0 Å². The Balaban J connectivity index is 2.36. The molecule has 0 aliphatic heterocycles. The summed E-state index contributed by atoms with van der Waals surface area (Å²) in [7, 11) is -10.2. The lowest BCUT2D eigenvalue weighted by Crippen LogP contribution is -2.70. The van der Waals surface area contributed by atoms with E-state index in [-0.39, 0.29) is 28.9 Å². The molecule has 25 heteroatoms. The van der Waals surface area contributed by atoms with E-state index in [2.05, 4.69) is 9.44 Å². The van der Waals surface area contributed by atoms with Crippen molar-refractivity contribution in [2.45, 2.75) is 158 Å². The summed E-state index contributed by atoms with van der Waals surface area (Å²) in [5.74, 6) is -38.5. The lowest BCUT2D eigenvalue weighted by molar-refractivity contribution is -0.440. The zero-order valence-corrected chi connectivity index (χ0v) is 41.4. The van der Waals surface area contributed by atoms with Crippen molar-refractivity contribution in [3.63, 3.8) is 0 Å². The van der Waals surface area contributed by atoms with Crippen molar-refractivity contribution < 1.29 is 91.8 Å². The predicted molar refractivity (Wildman–Crippen MR) is 227 cm³/mol. The van der Waals surface area contributed by atoms with Crippen LogP contribution in [0.1, 0.15) is 75.8 Å². The van der Waals surface area contributed by atoms with E-state index >= 15 is 8.78 Å². The molecule has 68 heavy (non-hydrogen) atoms. The molecule has 3 rings (SSSR count). The number of hydrogen-bond donors (Lipinski definition) is 0. The number of benzene rings is 3. The third-order valence-corrected chi connectivity index (χ3v) is 22.1. The average molecular weight is 1050 g/mol. The fourth-order valence-corrected chi connectivity index (χ4v) is 8.21. The Bertz CT molecular complexity index is 2360. The van der Waals surface area contributed by atoms with Gasteiger partial charge < -0.3 is 8.85 Å². The van der Waals surface area contributed by atoms with Crippen molar-refractivity contribution in [3.05, 3.63) is 88.5 Å². The molecule has 0 fully saturated rings. The van der Waals surface area contributed by atoms with Gasteiger partial charge in [0.25, 0.3) is 0 Å². The molecule has 0 bridgehead atoms. The first-order valence-electron chi connectivity index (χ1n) is 20.3. The molecular weight excluding hydrogens is 1000 g/mol. The summed E-state index contributed by atoms with van der Waals surface area (Å²) in [5, 5.41) is 2.15. The maximum Gasteiger partial charge on any atom is 0.460 e. The van der Waals surface area contributed by atoms with Gasteiger partial charge in [0.1, 0.15) is 4.90 Å². The molecule has 0 spiro atoms. The number of nitrogens with zero attached hydrogens (tertiary/aromatic N) is 1. The van der Waals surface area contributed by atoms with Crippen molar-refractivity contribution in [3.8, 4) is 11.1 Å². The van der Waals surface area contributed by atoms with Crippen LogP contribution in [-0.4, -0.2) is 72.7 Å². The van der Waals surface area contributed by atoms with E-state index in [9.17, 15) is 69.9 Å². The molecule has 6 nitrogen and oxygen atoms in total. The highest BCUT2D eigenvalue weighted by Gasteiger charge is 2.90. The van der Waals surface area contributed by atoms with E-state index < -0.39 is 109 Å². The average Bonchev–Trinajstić information content (AvgIpc) is 3.16. The van der Waals surface area contributed by atoms with E-state index in [1.54, 1.807) is 13.0 Å². The molecular formula is C43H51F16NO5SSi2. The maximum absolute atomic E-state index is 15.1. The van der Waals surface area contributed by atoms with Gasteiger partial charge in [0.05, 0.1) is 13.2 Å². The lowest BCUT2D eigenvalue weighted by Gasteiger charge is -2.39. The van der Waals surface area contributed by atoms with E-state index in [1.165, 1.54) is 24.3 Å². The molecule has 0 aliphatic carbocycles. The summed E-state index contributed by atoms with van der Waals surface area (Å²) in [4.78, 5) is -0.675. The molecule has 3 aromatic carbocycles. The first-order valence-corrected chi connectivity index (χ1v) is 27.5. The quantitative estimate of drug-likeness (QED) is 0.0549. The highest BCUT2D eigenvalue weighted by atomic mass is 32.2. The summed E-state index contributed by atoms with van der Waals surface area (Å²) < 4.78 is 269. The van der Waals surface area contributed by atoms with Crippen LogP contribution in [0.4, 0.5) is 70.2 Å². The zero-order valence-electron chi connectivity index (χ0n) is 38.5. The molecule has 0 amide bonds. The van der Waals surface area contributed by atoms with Gasteiger partial charge in [-0.15, -0.1) is 0 Å². The molecule has 0 atom stereocenters. The second-order valence-corrected chi connectivity index (χ2v) is 30.5. The van der Waals surface area contributed by atoms with Gasteiger partial charge in [0.2, 0.25) is 0 Å². The topological polar surface area (TPSA) is 74.2 Å². The van der Waals surface area contributed by atoms with E-state index in [4.69, 9.17) is 8.85 Å². The van der Waals surface area contributed by atoms with Crippen molar-refractivity contribution in [2.24, 2.45) is 5.16 Å². The highest BCUT2D eigenvalue weighted by molar-refractivity contribution is 7.86. The fraction of sp³-hybridized carbons (Fsp3) is 0.558. The van der Waals surface area contributed by atoms with Gasteiger partial charge in [-0.05, 0) is 114 Å². The Morgan fingerprint density at radius 3 is 1.38 bits per heavy atom. The third-order valence-electron chi connectivity index (χ3n) is 12.0. The number of rotatable bonds is 18. The predicted octanol–water partition coefficient (Wildman–Crippen LogP) is 15.0. The first-order chi connectivity index (χ1) is 30.2. The fourth-order valence-electron chi connectivity index (χ4n) is 5.56. The molecule has 0 aliphatic rings. The highest BCUT2D eigenvalue weighted by Crippen LogP contribution is 2.61. The summed E-state index contributed by atoms with van der Waals surface area (Å²) in [6.07, 6.45) is -17.9. The summed E-state index contributed by atoms with van der Waals surface area (Å²) in [6, 6.07) is 10.6. The van der Waals surface area contributed by atoms with Crippen molar-refractivity contribution in [2.75, 3.05) is 0 Å². The van der Waals surface area contributed by atoms with Crippen LogP contribution < -0.4 is 0 Å². The van der Waals surface area contributed by atoms with Crippen LogP contribution in [0.3, 0.4) is 0 Å². The van der Waals surface area contributed by atoms with Crippen LogP contribution in [-0.2, 0) is 42.9 Å². The Hall–Kier alpha value is -3.69. The SMILES string of the molecule is Cc1ccc(S(=O)(=O)O/N=C(\c2cc(CCC(F)(F)C(F)(F)C(F)(F)C(F)(F)C(F)(F)C(F)(F)F)cc(-c3cc(CO[Si](C)(C)C(C)(C)C)cc(CO[Si](C)(C)C(C)(C)C)c3)c2)C(F)(F)F)cc1. The van der Waals surface area contributed by atoms with Gasteiger partial charge >= 0.3 is 52.1 Å². The van der Waals surface area contributed by atoms with Gasteiger partial charge in [-0.2, -0.15) is 78.7 Å². The Labute approximate surface area is 385 Å². The van der Waals surface area contributed by atoms with Crippen molar-refractivity contribution >= 4 is 32.5 Å². The molecule has 0 saturated heterocycles. The standard InChI is InChI=1S/C43H51F16NO5SSi2/c1-26-12-14-33(15-13-26)66(61,62)65-60-34(38(46,47)48)32-20-27(16-17-37(44,45)39(49,50)40(51,52)41(53,54)42(55,56)43(57,58)59)19-31(23-32)30-21-28(24-63-67(8,9)35(2,3)4)18-29(22-30)25-64-68(10,11)36(5,6)7/h12-15,18-23H,16-17,24-25H2,1-11H3/b60-34+. The smallest absolute Gasteiger partial charge is 0.413 e. The number of aryl methyl sites for hydroxylation is 2. The van der Waals surface area contributed by atoms with Gasteiger partial charge in [0.15, 0.2) is 22.3 Å². The van der Waals surface area contributed by atoms with Gasteiger partial charge in [0, 0.05) is 12.0 Å². The third kappa shape index (κ3) is 12.4. The van der Waals surface area contributed by atoms with Gasteiger partial charge in [-0.25, -0.2) is 0 Å². The molecule has 384 valence electrons. The zero-order chi connectivity index (χ0) is 52.9. The molecule has 3 aromatic rings. The summed E-state index contributed by atoms with van der Waals surface area (Å²) in [5.41, 5.74) is -3.50. The first kappa shape index (κ1) is 58.6. The van der Waals surface area contributed by atoms with Gasteiger partial charge in [-0.3, -0.25) is 4.28 Å². The molecule has 0 radical (unpaired) electrons. The summed E-state index contributed by atoms with van der Waals surface area (Å²) >= 11 is 0. The van der Waals surface area contributed by atoms with Crippen LogP contribution in [0.25, 0.3) is 11.1 Å². The van der Waals surface area contributed by atoms with E-state index in [0.29, 0.717) is 28.8 Å². The number of hydrogen-bond acceptors (Lipinski definition) is 6. The molecule has 0 N–H and O–H groups in total. The minimum absolute atomic E-state index is 0.0503. The molecule has 0 heterocycles. The minimum Gasteiger partial charge on any atom is -0.413 e. The maximum atomic E-state index is 15.1. The number of alkyl halides is 16. The molecule has 0 saturated carbocycles. The van der Waals surface area contributed by atoms with Crippen LogP contribution in [0.2, 0.25) is 36.3 Å². The second kappa shape index (κ2) is 19.1. The summed E-state index contributed by atoms with van der Waals surface area (Å²) in [6.45, 7) is 20.5. The Morgan fingerprint density at radius 2 is 0.971 bits per heavy atom. The van der Waals surface area contributed by atoms with Gasteiger partial charge in [-0.1, -0.05) is 76.5 Å². The monoisotopic (exact) mass is 1050 g/mol. The van der Waals surface area contributed by atoms with Crippen LogP contribution in [0, 0.1) is 6.92 Å². The van der Waals surface area contributed by atoms with Crippen molar-refractivity contribution in [1.29, 1.82) is 0 Å². The van der Waals surface area contributed by atoms with Crippen molar-refractivity contribution in [1.82, 2.24) is 0 Å². The van der Waals surface area contributed by atoms with Crippen LogP contribution >= 0.6 is 0 Å². The molecule has 0 unspecified atom stereocenters.